The molecule has 1 fully saturated rings. The third-order valence-corrected chi connectivity index (χ3v) is 5.00. The largest absolute Gasteiger partial charge is 0.472 e. The molecule has 0 saturated carbocycles. The molecule has 19 heavy (non-hydrogen) atoms. The molecule has 2 rings (SSSR count). The second-order valence-corrected chi connectivity index (χ2v) is 6.61. The van der Waals surface area contributed by atoms with Crippen LogP contribution in [-0.4, -0.2) is 39.4 Å². The van der Waals surface area contributed by atoms with Crippen molar-refractivity contribution in [2.75, 3.05) is 26.7 Å². The maximum Gasteiger partial charge on any atom is 0.279 e. The summed E-state index contributed by atoms with van der Waals surface area (Å²) >= 11 is 0. The van der Waals surface area contributed by atoms with Gasteiger partial charge in [0.15, 0.2) is 0 Å². The molecule has 0 aromatic carbocycles. The van der Waals surface area contributed by atoms with Crippen LogP contribution in [0.4, 0.5) is 0 Å². The number of nitrogens with one attached hydrogen (secondary N) is 2. The van der Waals surface area contributed by atoms with Crippen LogP contribution in [0.1, 0.15) is 18.4 Å². The number of piperidine rings is 1. The number of hydrogen-bond donors (Lipinski definition) is 2. The summed E-state index contributed by atoms with van der Waals surface area (Å²) in [5.74, 6) is 0.574. The molecule has 7 heteroatoms. The van der Waals surface area contributed by atoms with Gasteiger partial charge in [0.1, 0.15) is 0 Å². The molecule has 0 radical (unpaired) electrons. The van der Waals surface area contributed by atoms with E-state index in [1.807, 2.05) is 7.05 Å². The zero-order valence-corrected chi connectivity index (χ0v) is 11.9. The number of hydrogen-bond acceptors (Lipinski definition) is 4. The maximum atomic E-state index is 12.1. The van der Waals surface area contributed by atoms with Crippen LogP contribution < -0.4 is 10.0 Å². The molecule has 1 aliphatic heterocycles. The van der Waals surface area contributed by atoms with E-state index in [1.165, 1.54) is 10.6 Å². The molecule has 1 aromatic heterocycles. The maximum absolute atomic E-state index is 12.1. The standard InChI is InChI=1S/C12H21N3O3S/c1-13-8-11-2-5-15(6-3-11)19(16,17)14-9-12-4-7-18-10-12/h4,7,10-11,13-14H,2-3,5-6,8-9H2,1H3. The SMILES string of the molecule is CNCC1CCN(S(=O)(=O)NCc2ccoc2)CC1. The second kappa shape index (κ2) is 6.51. The molecule has 0 bridgehead atoms. The van der Waals surface area contributed by atoms with E-state index in [1.54, 1.807) is 12.3 Å². The highest BCUT2D eigenvalue weighted by Crippen LogP contribution is 2.18. The molecule has 1 aliphatic rings. The molecule has 1 saturated heterocycles. The predicted octanol–water partition coefficient (Wildman–Crippen LogP) is 0.545. The quantitative estimate of drug-likeness (QED) is 0.801. The Bertz CT molecular complexity index is 464. The summed E-state index contributed by atoms with van der Waals surface area (Å²) in [6.45, 7) is 2.41. The fourth-order valence-corrected chi connectivity index (χ4v) is 3.52. The Morgan fingerprint density at radius 1 is 1.42 bits per heavy atom. The van der Waals surface area contributed by atoms with Crippen LogP contribution in [0.5, 0.6) is 0 Å². The first-order valence-electron chi connectivity index (χ1n) is 6.52. The Morgan fingerprint density at radius 3 is 2.74 bits per heavy atom. The van der Waals surface area contributed by atoms with Crippen molar-refractivity contribution in [2.24, 2.45) is 5.92 Å². The minimum absolute atomic E-state index is 0.273. The Hall–Kier alpha value is -0.890. The van der Waals surface area contributed by atoms with Gasteiger partial charge in [0.05, 0.1) is 12.5 Å². The Morgan fingerprint density at radius 2 is 2.16 bits per heavy atom. The minimum atomic E-state index is -3.38. The molecule has 2 heterocycles. The van der Waals surface area contributed by atoms with Crippen molar-refractivity contribution in [1.82, 2.24) is 14.3 Å². The van der Waals surface area contributed by atoms with Crippen LogP contribution in [0.3, 0.4) is 0 Å². The smallest absolute Gasteiger partial charge is 0.279 e. The van der Waals surface area contributed by atoms with Crippen LogP contribution in [-0.2, 0) is 16.8 Å². The summed E-state index contributed by atoms with van der Waals surface area (Å²) in [6.07, 6.45) is 4.90. The van der Waals surface area contributed by atoms with E-state index in [-0.39, 0.29) is 6.54 Å². The lowest BCUT2D eigenvalue weighted by molar-refractivity contribution is 0.268. The van der Waals surface area contributed by atoms with Gasteiger partial charge in [-0.2, -0.15) is 17.4 Å². The Kier molecular flexibility index (Phi) is 4.98. The predicted molar refractivity (Wildman–Crippen MR) is 72.7 cm³/mol. The average molecular weight is 287 g/mol. The van der Waals surface area contributed by atoms with Gasteiger partial charge in [0, 0.05) is 25.2 Å². The molecule has 6 nitrogen and oxygen atoms in total. The number of furan rings is 1. The highest BCUT2D eigenvalue weighted by Gasteiger charge is 2.27. The third kappa shape index (κ3) is 4.04. The molecule has 0 atom stereocenters. The fourth-order valence-electron chi connectivity index (χ4n) is 2.30. The summed E-state index contributed by atoms with van der Waals surface area (Å²) in [6, 6.07) is 1.75. The van der Waals surface area contributed by atoms with Gasteiger partial charge in [0.25, 0.3) is 10.2 Å². The first-order chi connectivity index (χ1) is 9.12. The van der Waals surface area contributed by atoms with Crippen molar-refractivity contribution in [3.63, 3.8) is 0 Å². The van der Waals surface area contributed by atoms with Crippen LogP contribution in [0.25, 0.3) is 0 Å². The normalized spacial score (nSPS) is 18.8. The molecule has 108 valence electrons. The van der Waals surface area contributed by atoms with Gasteiger partial charge in [-0.15, -0.1) is 0 Å². The first-order valence-corrected chi connectivity index (χ1v) is 7.96. The van der Waals surface area contributed by atoms with Gasteiger partial charge in [-0.25, -0.2) is 0 Å². The average Bonchev–Trinajstić information content (AvgIpc) is 2.91. The molecule has 2 N–H and O–H groups in total. The lowest BCUT2D eigenvalue weighted by Crippen LogP contribution is -2.45. The summed E-state index contributed by atoms with van der Waals surface area (Å²) in [4.78, 5) is 0. The summed E-state index contributed by atoms with van der Waals surface area (Å²) in [5.41, 5.74) is 0.827. The van der Waals surface area contributed by atoms with E-state index < -0.39 is 10.2 Å². The van der Waals surface area contributed by atoms with E-state index in [0.717, 1.165) is 24.9 Å². The van der Waals surface area contributed by atoms with E-state index in [4.69, 9.17) is 4.42 Å². The highest BCUT2D eigenvalue weighted by molar-refractivity contribution is 7.87. The second-order valence-electron chi connectivity index (χ2n) is 4.86. The number of nitrogens with zero attached hydrogens (tertiary/aromatic N) is 1. The lowest BCUT2D eigenvalue weighted by atomic mass is 9.98. The van der Waals surface area contributed by atoms with Gasteiger partial charge in [-0.3, -0.25) is 0 Å². The van der Waals surface area contributed by atoms with Crippen molar-refractivity contribution in [3.8, 4) is 0 Å². The Labute approximate surface area is 114 Å². The zero-order chi connectivity index (χ0) is 13.7. The lowest BCUT2D eigenvalue weighted by Gasteiger charge is -2.31. The van der Waals surface area contributed by atoms with Gasteiger partial charge in [-0.1, -0.05) is 0 Å². The van der Waals surface area contributed by atoms with Crippen LogP contribution in [0.2, 0.25) is 0 Å². The molecule has 1 aromatic rings. The molecule has 0 aliphatic carbocycles. The van der Waals surface area contributed by atoms with Crippen molar-refractivity contribution >= 4 is 10.2 Å². The van der Waals surface area contributed by atoms with Gasteiger partial charge in [-0.05, 0) is 38.4 Å². The summed E-state index contributed by atoms with van der Waals surface area (Å²) < 4.78 is 33.3. The van der Waals surface area contributed by atoms with E-state index >= 15 is 0 Å². The number of rotatable bonds is 6. The van der Waals surface area contributed by atoms with Crippen molar-refractivity contribution < 1.29 is 12.8 Å². The first kappa shape index (κ1) is 14.5. The van der Waals surface area contributed by atoms with E-state index in [9.17, 15) is 8.42 Å². The molecular formula is C12H21N3O3S. The zero-order valence-electron chi connectivity index (χ0n) is 11.1. The third-order valence-electron chi connectivity index (χ3n) is 3.45. The highest BCUT2D eigenvalue weighted by atomic mass is 32.2. The topological polar surface area (TPSA) is 74.6 Å². The Balaban J connectivity index is 1.83. The minimum Gasteiger partial charge on any atom is -0.472 e. The van der Waals surface area contributed by atoms with Gasteiger partial charge >= 0.3 is 0 Å². The van der Waals surface area contributed by atoms with Crippen molar-refractivity contribution in [3.05, 3.63) is 24.2 Å². The molecular weight excluding hydrogens is 266 g/mol. The summed E-state index contributed by atoms with van der Waals surface area (Å²) in [5, 5.41) is 3.14. The van der Waals surface area contributed by atoms with E-state index in [2.05, 4.69) is 10.0 Å². The fraction of sp³-hybridized carbons (Fsp3) is 0.667. The van der Waals surface area contributed by atoms with Gasteiger partial charge in [0.2, 0.25) is 0 Å². The molecule has 0 amide bonds. The van der Waals surface area contributed by atoms with Crippen molar-refractivity contribution in [2.45, 2.75) is 19.4 Å². The monoisotopic (exact) mass is 287 g/mol. The van der Waals surface area contributed by atoms with E-state index in [0.29, 0.717) is 19.0 Å². The van der Waals surface area contributed by atoms with Crippen LogP contribution >= 0.6 is 0 Å². The summed E-state index contributed by atoms with van der Waals surface area (Å²) in [7, 11) is -1.45. The van der Waals surface area contributed by atoms with Crippen molar-refractivity contribution in [1.29, 1.82) is 0 Å². The van der Waals surface area contributed by atoms with Gasteiger partial charge < -0.3 is 9.73 Å². The molecule has 0 unspecified atom stereocenters. The van der Waals surface area contributed by atoms with Crippen LogP contribution in [0.15, 0.2) is 23.0 Å². The van der Waals surface area contributed by atoms with Crippen LogP contribution in [0, 0.1) is 5.92 Å². The molecule has 0 spiro atoms.